The summed E-state index contributed by atoms with van der Waals surface area (Å²) < 4.78 is 67.0. The number of nitrogens with zero attached hydrogens (tertiary/aromatic N) is 2. The maximum absolute atomic E-state index is 12.6. The van der Waals surface area contributed by atoms with Crippen molar-refractivity contribution in [3.05, 3.63) is 56.7 Å². The van der Waals surface area contributed by atoms with Crippen molar-refractivity contribution in [2.24, 2.45) is 0 Å². The van der Waals surface area contributed by atoms with E-state index in [1.807, 2.05) is 0 Å². The van der Waals surface area contributed by atoms with Crippen LogP contribution in [0.3, 0.4) is 0 Å². The molecule has 0 spiro atoms. The number of hydrogen-bond acceptors (Lipinski definition) is 7. The van der Waals surface area contributed by atoms with Gasteiger partial charge in [-0.3, -0.25) is 14.9 Å². The number of nitro benzene ring substituents is 1. The van der Waals surface area contributed by atoms with Crippen LogP contribution in [0.1, 0.15) is 15.9 Å². The fraction of sp³-hybridized carbons (Fsp3) is 0.143. The topological polar surface area (TPSA) is 128 Å². The van der Waals surface area contributed by atoms with Crippen molar-refractivity contribution in [2.45, 2.75) is 6.18 Å². The Kier molecular flexibility index (Phi) is 5.80. The highest BCUT2D eigenvalue weighted by Crippen LogP contribution is 2.35. The number of amides is 1. The Morgan fingerprint density at radius 1 is 1.32 bits per heavy atom. The van der Waals surface area contributed by atoms with Crippen molar-refractivity contribution in [3.63, 3.8) is 0 Å². The molecule has 0 radical (unpaired) electrons. The van der Waals surface area contributed by atoms with Crippen molar-refractivity contribution in [1.29, 1.82) is 0 Å². The summed E-state index contributed by atoms with van der Waals surface area (Å²) in [6, 6.07) is 3.27. The van der Waals surface area contributed by atoms with E-state index in [2.05, 4.69) is 4.98 Å². The summed E-state index contributed by atoms with van der Waals surface area (Å²) in [5.74, 6) is -2.01. The molecule has 28 heavy (non-hydrogen) atoms. The minimum Gasteiger partial charge on any atom is -0.438 e. The first-order valence-corrected chi connectivity index (χ1v) is 9.26. The van der Waals surface area contributed by atoms with Crippen LogP contribution in [0.25, 0.3) is 0 Å². The molecule has 14 heteroatoms. The van der Waals surface area contributed by atoms with Gasteiger partial charge in [0.25, 0.3) is 11.6 Å². The minimum absolute atomic E-state index is 0.251. The molecule has 0 unspecified atom stereocenters. The number of nitrogens with one attached hydrogen (secondary N) is 1. The van der Waals surface area contributed by atoms with Gasteiger partial charge in [-0.2, -0.15) is 13.2 Å². The molecule has 1 aromatic carbocycles. The number of sulfonamides is 1. The number of ether oxygens (including phenoxy) is 1. The Balaban J connectivity index is 2.41. The van der Waals surface area contributed by atoms with E-state index >= 15 is 0 Å². The molecule has 0 saturated heterocycles. The van der Waals surface area contributed by atoms with Gasteiger partial charge in [-0.25, -0.2) is 18.1 Å². The van der Waals surface area contributed by atoms with E-state index in [4.69, 9.17) is 16.3 Å². The second kappa shape index (κ2) is 7.59. The molecule has 0 saturated carbocycles. The van der Waals surface area contributed by atoms with Crippen LogP contribution in [0.2, 0.25) is 5.02 Å². The number of benzene rings is 1. The second-order valence-corrected chi connectivity index (χ2v) is 7.41. The number of halogens is 4. The summed E-state index contributed by atoms with van der Waals surface area (Å²) in [7, 11) is -4.01. The molecule has 9 nitrogen and oxygen atoms in total. The first kappa shape index (κ1) is 21.4. The standard InChI is InChI=1S/C14H9ClF3N3O6S/c1-28(25,26)20-12(22)9-5-8(2-3-11(9)21(23)24)27-13-10(15)4-7(6-19-13)14(16,17)18/h2-6H,1H3,(H,20,22). The molecule has 1 amide bonds. The number of pyridine rings is 1. The summed E-state index contributed by atoms with van der Waals surface area (Å²) in [6.45, 7) is 0. The van der Waals surface area contributed by atoms with Crippen LogP contribution in [0, 0.1) is 10.1 Å². The van der Waals surface area contributed by atoms with E-state index in [9.17, 15) is 36.5 Å². The van der Waals surface area contributed by atoms with Crippen LogP contribution in [0.4, 0.5) is 18.9 Å². The van der Waals surface area contributed by atoms with E-state index in [0.717, 1.165) is 18.2 Å². The van der Waals surface area contributed by atoms with E-state index < -0.39 is 54.7 Å². The maximum Gasteiger partial charge on any atom is 0.417 e. The van der Waals surface area contributed by atoms with Gasteiger partial charge in [0.1, 0.15) is 16.3 Å². The summed E-state index contributed by atoms with van der Waals surface area (Å²) in [5, 5.41) is 10.5. The zero-order valence-electron chi connectivity index (χ0n) is 13.7. The normalized spacial score (nSPS) is 11.8. The first-order chi connectivity index (χ1) is 12.8. The van der Waals surface area contributed by atoms with E-state index in [0.29, 0.717) is 18.5 Å². The van der Waals surface area contributed by atoms with Gasteiger partial charge in [0.15, 0.2) is 0 Å². The lowest BCUT2D eigenvalue weighted by Crippen LogP contribution is -2.29. The van der Waals surface area contributed by atoms with Crippen LogP contribution in [-0.4, -0.2) is 30.5 Å². The smallest absolute Gasteiger partial charge is 0.417 e. The summed E-state index contributed by atoms with van der Waals surface area (Å²) in [6.07, 6.45) is -3.55. The van der Waals surface area contributed by atoms with Crippen LogP contribution >= 0.6 is 11.6 Å². The molecular weight excluding hydrogens is 431 g/mol. The number of hydrogen-bond donors (Lipinski definition) is 1. The van der Waals surface area contributed by atoms with Crippen LogP contribution in [-0.2, 0) is 16.2 Å². The van der Waals surface area contributed by atoms with Crippen LogP contribution in [0.5, 0.6) is 11.6 Å². The predicted molar refractivity (Wildman–Crippen MR) is 89.7 cm³/mol. The average Bonchev–Trinajstić information content (AvgIpc) is 2.54. The molecule has 150 valence electrons. The highest BCUT2D eigenvalue weighted by Gasteiger charge is 2.32. The Morgan fingerprint density at radius 3 is 2.46 bits per heavy atom. The van der Waals surface area contributed by atoms with Crippen molar-refractivity contribution in [3.8, 4) is 11.6 Å². The Bertz CT molecular complexity index is 1060. The number of nitro groups is 1. The fourth-order valence-electron chi connectivity index (χ4n) is 1.91. The minimum atomic E-state index is -4.68. The van der Waals surface area contributed by atoms with E-state index in [1.54, 1.807) is 4.72 Å². The largest absolute Gasteiger partial charge is 0.438 e. The third-order valence-corrected chi connectivity index (χ3v) is 3.86. The van der Waals surface area contributed by atoms with Gasteiger partial charge in [-0.1, -0.05) is 11.6 Å². The molecule has 1 N–H and O–H groups in total. The molecule has 2 aromatic rings. The van der Waals surface area contributed by atoms with Gasteiger partial charge in [0, 0.05) is 18.3 Å². The summed E-state index contributed by atoms with van der Waals surface area (Å²) in [5.41, 5.74) is -2.50. The van der Waals surface area contributed by atoms with Gasteiger partial charge in [0.2, 0.25) is 15.9 Å². The highest BCUT2D eigenvalue weighted by atomic mass is 35.5. The first-order valence-electron chi connectivity index (χ1n) is 6.99. The number of rotatable bonds is 5. The van der Waals surface area contributed by atoms with Gasteiger partial charge in [0.05, 0.1) is 16.7 Å². The second-order valence-electron chi connectivity index (χ2n) is 5.25. The highest BCUT2D eigenvalue weighted by molar-refractivity contribution is 7.89. The van der Waals surface area contributed by atoms with Gasteiger partial charge in [-0.05, 0) is 12.1 Å². The molecule has 0 atom stereocenters. The molecule has 0 aliphatic carbocycles. The van der Waals surface area contributed by atoms with Gasteiger partial charge >= 0.3 is 6.18 Å². The number of carbonyl (C=O) groups is 1. The van der Waals surface area contributed by atoms with E-state index in [1.165, 1.54) is 0 Å². The lowest BCUT2D eigenvalue weighted by Gasteiger charge is -2.11. The van der Waals surface area contributed by atoms with Crippen LogP contribution in [0.15, 0.2) is 30.5 Å². The molecule has 0 aliphatic rings. The zero-order valence-corrected chi connectivity index (χ0v) is 15.2. The van der Waals surface area contributed by atoms with Crippen molar-refractivity contribution >= 4 is 33.2 Å². The van der Waals surface area contributed by atoms with Gasteiger partial charge in [-0.15, -0.1) is 0 Å². The Hall–Kier alpha value is -2.93. The Labute approximate surface area is 160 Å². The molecule has 0 bridgehead atoms. The maximum atomic E-state index is 12.6. The lowest BCUT2D eigenvalue weighted by atomic mass is 10.1. The SMILES string of the molecule is CS(=O)(=O)NC(=O)c1cc(Oc2ncc(C(F)(F)F)cc2Cl)ccc1[N+](=O)[O-]. The number of carbonyl (C=O) groups excluding carboxylic acids is 1. The van der Waals surface area contributed by atoms with Crippen molar-refractivity contribution in [2.75, 3.05) is 6.26 Å². The van der Waals surface area contributed by atoms with Crippen molar-refractivity contribution < 1.29 is 36.0 Å². The lowest BCUT2D eigenvalue weighted by molar-refractivity contribution is -0.385. The zero-order chi connectivity index (χ0) is 21.3. The molecule has 1 aromatic heterocycles. The molecule has 0 aliphatic heterocycles. The predicted octanol–water partition coefficient (Wildman–Crippen LogP) is 3.14. The van der Waals surface area contributed by atoms with Crippen molar-refractivity contribution in [1.82, 2.24) is 9.71 Å². The van der Waals surface area contributed by atoms with Gasteiger partial charge < -0.3 is 4.74 Å². The van der Waals surface area contributed by atoms with Crippen LogP contribution < -0.4 is 9.46 Å². The molecule has 1 heterocycles. The third kappa shape index (κ3) is 5.29. The Morgan fingerprint density at radius 2 is 1.96 bits per heavy atom. The fourth-order valence-corrected chi connectivity index (χ4v) is 2.56. The monoisotopic (exact) mass is 439 g/mol. The molecule has 2 rings (SSSR count). The number of aromatic nitrogens is 1. The quantitative estimate of drug-likeness (QED) is 0.559. The third-order valence-electron chi connectivity index (χ3n) is 3.04. The average molecular weight is 440 g/mol. The van der Waals surface area contributed by atoms with E-state index in [-0.39, 0.29) is 5.75 Å². The number of alkyl halides is 3. The molecular formula is C14H9ClF3N3O6S. The summed E-state index contributed by atoms with van der Waals surface area (Å²) >= 11 is 5.70. The molecule has 0 fully saturated rings. The summed E-state index contributed by atoms with van der Waals surface area (Å²) in [4.78, 5) is 25.5.